The number of anilines is 1. The summed E-state index contributed by atoms with van der Waals surface area (Å²) in [6, 6.07) is 7.83. The fourth-order valence-electron chi connectivity index (χ4n) is 1.78. The second kappa shape index (κ2) is 5.45. The van der Waals surface area contributed by atoms with Gasteiger partial charge in [0.1, 0.15) is 17.4 Å². The zero-order valence-electron chi connectivity index (χ0n) is 10.1. The quantitative estimate of drug-likeness (QED) is 0.869. The van der Waals surface area contributed by atoms with Gasteiger partial charge >= 0.3 is 0 Å². The van der Waals surface area contributed by atoms with Crippen molar-refractivity contribution in [1.82, 2.24) is 0 Å². The predicted molar refractivity (Wildman–Crippen MR) is 71.5 cm³/mol. The molecule has 0 radical (unpaired) electrons. The number of rotatable bonds is 3. The Bertz CT molecular complexity index is 604. The SMILES string of the molecule is CC(Nc1ccc(Cl)c(F)c1)c1ccc(O)cc1F. The fraction of sp³-hybridized carbons (Fsp3) is 0.143. The lowest BCUT2D eigenvalue weighted by molar-refractivity contribution is 0.467. The molecule has 1 unspecified atom stereocenters. The number of benzene rings is 2. The predicted octanol–water partition coefficient (Wildman–Crippen LogP) is 4.50. The van der Waals surface area contributed by atoms with E-state index in [2.05, 4.69) is 5.32 Å². The van der Waals surface area contributed by atoms with Crippen molar-refractivity contribution in [2.45, 2.75) is 13.0 Å². The van der Waals surface area contributed by atoms with Crippen LogP contribution in [0.3, 0.4) is 0 Å². The van der Waals surface area contributed by atoms with Crippen LogP contribution in [0.2, 0.25) is 5.02 Å². The summed E-state index contributed by atoms with van der Waals surface area (Å²) in [5, 5.41) is 12.2. The molecule has 2 aromatic rings. The molecule has 1 atom stereocenters. The average molecular weight is 284 g/mol. The van der Waals surface area contributed by atoms with Crippen molar-refractivity contribution < 1.29 is 13.9 Å². The van der Waals surface area contributed by atoms with Crippen LogP contribution in [-0.2, 0) is 0 Å². The zero-order valence-corrected chi connectivity index (χ0v) is 10.9. The van der Waals surface area contributed by atoms with Gasteiger partial charge in [-0.15, -0.1) is 0 Å². The molecular weight excluding hydrogens is 272 g/mol. The van der Waals surface area contributed by atoms with Crippen LogP contribution in [0.4, 0.5) is 14.5 Å². The second-order valence-electron chi connectivity index (χ2n) is 4.20. The summed E-state index contributed by atoms with van der Waals surface area (Å²) < 4.78 is 26.9. The van der Waals surface area contributed by atoms with Crippen LogP contribution in [0, 0.1) is 11.6 Å². The first-order valence-corrected chi connectivity index (χ1v) is 6.05. The van der Waals surface area contributed by atoms with Crippen molar-refractivity contribution in [3.63, 3.8) is 0 Å². The van der Waals surface area contributed by atoms with Gasteiger partial charge in [0.05, 0.1) is 11.1 Å². The first-order chi connectivity index (χ1) is 8.97. The molecule has 2 aromatic carbocycles. The Balaban J connectivity index is 2.20. The molecule has 2 N–H and O–H groups in total. The molecule has 0 aliphatic heterocycles. The number of phenols is 1. The second-order valence-corrected chi connectivity index (χ2v) is 4.61. The topological polar surface area (TPSA) is 32.3 Å². The van der Waals surface area contributed by atoms with Gasteiger partial charge in [-0.2, -0.15) is 0 Å². The van der Waals surface area contributed by atoms with E-state index in [1.54, 1.807) is 13.0 Å². The number of nitrogens with one attached hydrogen (secondary N) is 1. The van der Waals surface area contributed by atoms with E-state index in [1.165, 1.54) is 24.3 Å². The lowest BCUT2D eigenvalue weighted by Crippen LogP contribution is -2.08. The van der Waals surface area contributed by atoms with Crippen molar-refractivity contribution >= 4 is 17.3 Å². The van der Waals surface area contributed by atoms with Crippen molar-refractivity contribution in [3.8, 4) is 5.75 Å². The molecular formula is C14H12ClF2NO. The molecule has 19 heavy (non-hydrogen) atoms. The van der Waals surface area contributed by atoms with Crippen LogP contribution in [0.25, 0.3) is 0 Å². The molecule has 0 aromatic heterocycles. The summed E-state index contributed by atoms with van der Waals surface area (Å²) in [5.41, 5.74) is 0.884. The minimum absolute atomic E-state index is 0.0361. The summed E-state index contributed by atoms with van der Waals surface area (Å²) in [4.78, 5) is 0. The monoisotopic (exact) mass is 283 g/mol. The van der Waals surface area contributed by atoms with E-state index in [0.29, 0.717) is 11.3 Å². The van der Waals surface area contributed by atoms with E-state index < -0.39 is 11.6 Å². The van der Waals surface area contributed by atoms with Crippen LogP contribution in [0.1, 0.15) is 18.5 Å². The highest BCUT2D eigenvalue weighted by molar-refractivity contribution is 6.30. The molecule has 0 saturated carbocycles. The fourth-order valence-corrected chi connectivity index (χ4v) is 1.90. The zero-order chi connectivity index (χ0) is 14.0. The molecule has 0 heterocycles. The van der Waals surface area contributed by atoms with Crippen molar-refractivity contribution in [3.05, 3.63) is 58.6 Å². The smallest absolute Gasteiger partial charge is 0.143 e. The lowest BCUT2D eigenvalue weighted by Gasteiger charge is -2.16. The summed E-state index contributed by atoms with van der Waals surface area (Å²) >= 11 is 5.59. The summed E-state index contributed by atoms with van der Waals surface area (Å²) in [6.45, 7) is 1.74. The van der Waals surface area contributed by atoms with E-state index >= 15 is 0 Å². The maximum absolute atomic E-state index is 13.7. The van der Waals surface area contributed by atoms with Crippen molar-refractivity contribution in [1.29, 1.82) is 0 Å². The molecule has 0 amide bonds. The molecule has 0 bridgehead atoms. The first-order valence-electron chi connectivity index (χ1n) is 5.67. The van der Waals surface area contributed by atoms with Crippen LogP contribution in [-0.4, -0.2) is 5.11 Å². The van der Waals surface area contributed by atoms with E-state index in [9.17, 15) is 8.78 Å². The molecule has 0 fully saturated rings. The first kappa shape index (κ1) is 13.6. The molecule has 5 heteroatoms. The Hall–Kier alpha value is -1.81. The Labute approximate surface area is 114 Å². The third-order valence-corrected chi connectivity index (χ3v) is 3.06. The number of aromatic hydroxyl groups is 1. The van der Waals surface area contributed by atoms with Crippen LogP contribution in [0.15, 0.2) is 36.4 Å². The Morgan fingerprint density at radius 2 is 1.84 bits per heavy atom. The van der Waals surface area contributed by atoms with E-state index in [1.807, 2.05) is 0 Å². The third-order valence-electron chi connectivity index (χ3n) is 2.75. The average Bonchev–Trinajstić information content (AvgIpc) is 2.33. The number of phenolic OH excluding ortho intramolecular Hbond substituents is 1. The van der Waals surface area contributed by atoms with E-state index in [4.69, 9.17) is 16.7 Å². The molecule has 0 spiro atoms. The van der Waals surface area contributed by atoms with E-state index in [-0.39, 0.29) is 16.8 Å². The van der Waals surface area contributed by atoms with Gasteiger partial charge in [-0.3, -0.25) is 0 Å². The summed E-state index contributed by atoms with van der Waals surface area (Å²) in [6.07, 6.45) is 0. The highest BCUT2D eigenvalue weighted by Gasteiger charge is 2.12. The maximum atomic E-state index is 13.7. The largest absolute Gasteiger partial charge is 0.508 e. The van der Waals surface area contributed by atoms with Gasteiger partial charge < -0.3 is 10.4 Å². The number of hydrogen-bond donors (Lipinski definition) is 2. The van der Waals surface area contributed by atoms with Gasteiger partial charge in [-0.1, -0.05) is 17.7 Å². The third kappa shape index (κ3) is 3.15. The lowest BCUT2D eigenvalue weighted by atomic mass is 10.1. The maximum Gasteiger partial charge on any atom is 0.143 e. The Morgan fingerprint density at radius 1 is 1.11 bits per heavy atom. The Kier molecular flexibility index (Phi) is 3.90. The standard InChI is InChI=1S/C14H12ClF2NO/c1-8(11-4-3-10(19)7-13(11)16)18-9-2-5-12(15)14(17)6-9/h2-8,18-19H,1H3. The van der Waals surface area contributed by atoms with Crippen LogP contribution < -0.4 is 5.32 Å². The highest BCUT2D eigenvalue weighted by atomic mass is 35.5. The summed E-state index contributed by atoms with van der Waals surface area (Å²) in [5.74, 6) is -1.19. The minimum atomic E-state index is -0.537. The summed E-state index contributed by atoms with van der Waals surface area (Å²) in [7, 11) is 0. The number of hydrogen-bond acceptors (Lipinski definition) is 2. The van der Waals surface area contributed by atoms with Gasteiger partial charge in [0, 0.05) is 17.3 Å². The highest BCUT2D eigenvalue weighted by Crippen LogP contribution is 2.26. The normalized spacial score (nSPS) is 12.2. The molecule has 2 nitrogen and oxygen atoms in total. The van der Waals surface area contributed by atoms with Crippen molar-refractivity contribution in [2.24, 2.45) is 0 Å². The molecule has 100 valence electrons. The number of halogens is 3. The Morgan fingerprint density at radius 3 is 2.47 bits per heavy atom. The van der Waals surface area contributed by atoms with Gasteiger partial charge in [0.2, 0.25) is 0 Å². The molecule has 0 saturated heterocycles. The van der Waals surface area contributed by atoms with Crippen LogP contribution in [0.5, 0.6) is 5.75 Å². The minimum Gasteiger partial charge on any atom is -0.508 e. The van der Waals surface area contributed by atoms with Crippen LogP contribution >= 0.6 is 11.6 Å². The molecule has 0 aliphatic carbocycles. The van der Waals surface area contributed by atoms with Gasteiger partial charge in [-0.05, 0) is 31.2 Å². The van der Waals surface area contributed by atoms with Gasteiger partial charge in [0.25, 0.3) is 0 Å². The van der Waals surface area contributed by atoms with Crippen molar-refractivity contribution in [2.75, 3.05) is 5.32 Å². The van der Waals surface area contributed by atoms with E-state index in [0.717, 1.165) is 6.07 Å². The van der Waals surface area contributed by atoms with Gasteiger partial charge in [-0.25, -0.2) is 8.78 Å². The molecule has 2 rings (SSSR count). The van der Waals surface area contributed by atoms with Gasteiger partial charge in [0.15, 0.2) is 0 Å². The molecule has 0 aliphatic rings.